The average molecular weight is 274 g/mol. The molecule has 0 amide bonds. The van der Waals surface area contributed by atoms with Crippen molar-refractivity contribution in [1.29, 1.82) is 0 Å². The molecule has 1 aromatic heterocycles. The van der Waals surface area contributed by atoms with Gasteiger partial charge >= 0.3 is 0 Å². The molecule has 2 N–H and O–H groups in total. The predicted octanol–water partition coefficient (Wildman–Crippen LogP) is 4.34. The van der Waals surface area contributed by atoms with E-state index in [1.807, 2.05) is 0 Å². The van der Waals surface area contributed by atoms with E-state index in [0.717, 1.165) is 17.1 Å². The Kier molecular flexibility index (Phi) is 4.38. The Labute approximate surface area is 119 Å². The van der Waals surface area contributed by atoms with E-state index in [-0.39, 0.29) is 6.04 Å². The third-order valence-corrected chi connectivity index (χ3v) is 4.52. The second kappa shape index (κ2) is 5.85. The van der Waals surface area contributed by atoms with Crippen molar-refractivity contribution in [3.63, 3.8) is 0 Å². The van der Waals surface area contributed by atoms with Gasteiger partial charge < -0.3 is 5.73 Å². The lowest BCUT2D eigenvalue weighted by Gasteiger charge is -2.11. The van der Waals surface area contributed by atoms with E-state index >= 15 is 0 Å². The highest BCUT2D eigenvalue weighted by Gasteiger charge is 2.17. The summed E-state index contributed by atoms with van der Waals surface area (Å²) in [5.74, 6) is 0.417. The van der Waals surface area contributed by atoms with Crippen LogP contribution in [-0.4, -0.2) is 4.98 Å². The van der Waals surface area contributed by atoms with Crippen LogP contribution in [0, 0.1) is 12.8 Å². The highest BCUT2D eigenvalue weighted by Crippen LogP contribution is 2.32. The maximum atomic E-state index is 6.19. The van der Waals surface area contributed by atoms with Crippen LogP contribution in [0.5, 0.6) is 0 Å². The third-order valence-electron chi connectivity index (χ3n) is 3.45. The van der Waals surface area contributed by atoms with Gasteiger partial charge in [0, 0.05) is 10.4 Å². The van der Waals surface area contributed by atoms with Crippen LogP contribution in [0.2, 0.25) is 0 Å². The lowest BCUT2D eigenvalue weighted by Crippen LogP contribution is -2.16. The molecule has 19 heavy (non-hydrogen) atoms. The summed E-state index contributed by atoms with van der Waals surface area (Å²) < 4.78 is 0. The molecular weight excluding hydrogens is 252 g/mol. The van der Waals surface area contributed by atoms with Crippen molar-refractivity contribution in [2.75, 3.05) is 0 Å². The van der Waals surface area contributed by atoms with Gasteiger partial charge in [0.1, 0.15) is 5.01 Å². The van der Waals surface area contributed by atoms with Gasteiger partial charge in [-0.15, -0.1) is 11.3 Å². The number of aromatic nitrogens is 1. The summed E-state index contributed by atoms with van der Waals surface area (Å²) in [6, 6.07) is 8.70. The Bertz CT molecular complexity index is 540. The molecule has 2 nitrogen and oxygen atoms in total. The van der Waals surface area contributed by atoms with Gasteiger partial charge in [0.05, 0.1) is 11.7 Å². The molecule has 0 radical (unpaired) electrons. The van der Waals surface area contributed by atoms with Crippen LogP contribution in [0.3, 0.4) is 0 Å². The fourth-order valence-electron chi connectivity index (χ4n) is 2.01. The van der Waals surface area contributed by atoms with Crippen LogP contribution in [0.1, 0.15) is 42.3 Å². The number of nitrogens with two attached hydrogens (primary N) is 1. The summed E-state index contributed by atoms with van der Waals surface area (Å²) in [7, 11) is 0. The topological polar surface area (TPSA) is 38.9 Å². The Balaban J connectivity index is 2.34. The monoisotopic (exact) mass is 274 g/mol. The van der Waals surface area contributed by atoms with Crippen LogP contribution in [0.25, 0.3) is 11.3 Å². The van der Waals surface area contributed by atoms with E-state index in [4.69, 9.17) is 10.7 Å². The number of benzene rings is 1. The Morgan fingerprint density at radius 2 is 1.84 bits per heavy atom. The number of nitrogens with zero attached hydrogens (tertiary/aromatic N) is 1. The van der Waals surface area contributed by atoms with Gasteiger partial charge in [-0.2, -0.15) is 0 Å². The average Bonchev–Trinajstić information content (AvgIpc) is 2.80. The maximum Gasteiger partial charge on any atom is 0.111 e. The number of rotatable bonds is 4. The van der Waals surface area contributed by atoms with Gasteiger partial charge in [0.15, 0.2) is 0 Å². The minimum Gasteiger partial charge on any atom is -0.322 e. The third kappa shape index (κ3) is 3.04. The van der Waals surface area contributed by atoms with Crippen molar-refractivity contribution in [3.05, 3.63) is 39.7 Å². The van der Waals surface area contributed by atoms with E-state index in [9.17, 15) is 0 Å². The molecule has 0 aliphatic heterocycles. The van der Waals surface area contributed by atoms with Crippen molar-refractivity contribution < 1.29 is 0 Å². The van der Waals surface area contributed by atoms with Gasteiger partial charge in [-0.05, 0) is 24.8 Å². The van der Waals surface area contributed by atoms with Crippen LogP contribution in [-0.2, 0) is 6.42 Å². The first kappa shape index (κ1) is 14.2. The Morgan fingerprint density at radius 3 is 2.37 bits per heavy atom. The summed E-state index contributed by atoms with van der Waals surface area (Å²) in [6.07, 6.45) is 1.07. The van der Waals surface area contributed by atoms with Crippen LogP contribution in [0.4, 0.5) is 0 Å². The normalized spacial score (nSPS) is 12.9. The highest BCUT2D eigenvalue weighted by molar-refractivity contribution is 7.12. The summed E-state index contributed by atoms with van der Waals surface area (Å²) >= 11 is 1.72. The molecule has 2 aromatic rings. The molecule has 1 heterocycles. The van der Waals surface area contributed by atoms with E-state index in [1.165, 1.54) is 16.0 Å². The Hall–Kier alpha value is -1.19. The van der Waals surface area contributed by atoms with Gasteiger partial charge in [0.25, 0.3) is 0 Å². The molecule has 102 valence electrons. The zero-order valence-electron chi connectivity index (χ0n) is 12.1. The van der Waals surface area contributed by atoms with Crippen molar-refractivity contribution in [1.82, 2.24) is 4.98 Å². The quantitative estimate of drug-likeness (QED) is 0.901. The molecule has 0 spiro atoms. The molecule has 0 saturated heterocycles. The summed E-state index contributed by atoms with van der Waals surface area (Å²) in [5.41, 5.74) is 9.82. The Morgan fingerprint density at radius 1 is 1.21 bits per heavy atom. The highest BCUT2D eigenvalue weighted by atomic mass is 32.1. The molecule has 1 unspecified atom stereocenters. The molecule has 2 rings (SSSR count). The first-order valence-electron chi connectivity index (χ1n) is 6.85. The van der Waals surface area contributed by atoms with Gasteiger partial charge in [-0.1, -0.05) is 45.0 Å². The van der Waals surface area contributed by atoms with Crippen LogP contribution >= 0.6 is 11.3 Å². The van der Waals surface area contributed by atoms with Crippen molar-refractivity contribution in [3.8, 4) is 11.3 Å². The smallest absolute Gasteiger partial charge is 0.111 e. The molecule has 3 heteroatoms. The largest absolute Gasteiger partial charge is 0.322 e. The fourth-order valence-corrected chi connectivity index (χ4v) is 3.13. The molecule has 0 fully saturated rings. The molecule has 0 bridgehead atoms. The van der Waals surface area contributed by atoms with E-state index in [2.05, 4.69) is 52.0 Å². The first-order chi connectivity index (χ1) is 9.02. The van der Waals surface area contributed by atoms with Crippen molar-refractivity contribution >= 4 is 11.3 Å². The molecule has 1 atom stereocenters. The van der Waals surface area contributed by atoms with E-state index < -0.39 is 0 Å². The maximum absolute atomic E-state index is 6.19. The number of hydrogen-bond acceptors (Lipinski definition) is 3. The van der Waals surface area contributed by atoms with E-state index in [0.29, 0.717) is 5.92 Å². The van der Waals surface area contributed by atoms with Gasteiger partial charge in [-0.25, -0.2) is 4.98 Å². The minimum atomic E-state index is 0.0346. The zero-order valence-corrected chi connectivity index (χ0v) is 12.9. The predicted molar refractivity (Wildman–Crippen MR) is 83.4 cm³/mol. The fraction of sp³-hybridized carbons (Fsp3) is 0.438. The molecular formula is C16H22N2S. The summed E-state index contributed by atoms with van der Waals surface area (Å²) in [5, 5.41) is 1.04. The van der Waals surface area contributed by atoms with Crippen LogP contribution < -0.4 is 5.73 Å². The molecule has 0 aliphatic carbocycles. The SMILES string of the molecule is CCc1ccc(-c2nc(C(N)C(C)C)sc2C)cc1. The molecule has 0 saturated carbocycles. The zero-order chi connectivity index (χ0) is 14.0. The first-order valence-corrected chi connectivity index (χ1v) is 7.66. The second-order valence-corrected chi connectivity index (χ2v) is 6.51. The minimum absolute atomic E-state index is 0.0346. The van der Waals surface area contributed by atoms with Gasteiger partial charge in [-0.3, -0.25) is 0 Å². The van der Waals surface area contributed by atoms with Gasteiger partial charge in [0.2, 0.25) is 0 Å². The lowest BCUT2D eigenvalue weighted by atomic mass is 10.1. The molecule has 0 aliphatic rings. The summed E-state index contributed by atoms with van der Waals surface area (Å²) in [4.78, 5) is 6.00. The lowest BCUT2D eigenvalue weighted by molar-refractivity contribution is 0.512. The standard InChI is InChI=1S/C16H22N2S/c1-5-12-6-8-13(9-7-12)15-11(4)19-16(18-15)14(17)10(2)3/h6-10,14H,5,17H2,1-4H3. The molecule has 1 aromatic carbocycles. The number of hydrogen-bond donors (Lipinski definition) is 1. The number of thiazole rings is 1. The van der Waals surface area contributed by atoms with Crippen molar-refractivity contribution in [2.45, 2.75) is 40.2 Å². The number of aryl methyl sites for hydroxylation is 2. The van der Waals surface area contributed by atoms with E-state index in [1.54, 1.807) is 11.3 Å². The van der Waals surface area contributed by atoms with Crippen LogP contribution in [0.15, 0.2) is 24.3 Å². The summed E-state index contributed by atoms with van der Waals surface area (Å²) in [6.45, 7) is 8.56. The second-order valence-electron chi connectivity index (χ2n) is 5.28. The van der Waals surface area contributed by atoms with Crippen molar-refractivity contribution in [2.24, 2.45) is 11.7 Å².